The molecule has 0 N–H and O–H groups in total. The zero-order valence-corrected chi connectivity index (χ0v) is 6.92. The second kappa shape index (κ2) is 4.73. The van der Waals surface area contributed by atoms with Gasteiger partial charge in [0.15, 0.2) is 0 Å². The fraction of sp³-hybridized carbons (Fsp3) is 0.889. The van der Waals surface area contributed by atoms with E-state index in [9.17, 15) is 5.26 Å². The minimum Gasteiger partial charge on any atom is -0.200 e. The molecule has 2 nitrogen and oxygen atoms in total. The van der Waals surface area contributed by atoms with Gasteiger partial charge in [0, 0.05) is 0 Å². The van der Waals surface area contributed by atoms with Crippen LogP contribution in [0.25, 0.3) is 0 Å². The van der Waals surface area contributed by atoms with Crippen LogP contribution in [0.1, 0.15) is 38.5 Å². The molecule has 1 atom stereocenters. The smallest absolute Gasteiger partial charge is 0.0990 e. The summed E-state index contributed by atoms with van der Waals surface area (Å²) in [6.45, 7) is 3.71. The highest BCUT2D eigenvalue weighted by Gasteiger charge is 2.23. The van der Waals surface area contributed by atoms with Gasteiger partial charge in [0.1, 0.15) is 0 Å². The van der Waals surface area contributed by atoms with Crippen LogP contribution in [0.5, 0.6) is 0 Å². The molecule has 1 unspecified atom stereocenters. The van der Waals surface area contributed by atoms with Crippen molar-refractivity contribution in [3.05, 3.63) is 6.92 Å². The average molecular weight is 156 g/mol. The van der Waals surface area contributed by atoms with E-state index in [4.69, 9.17) is 0 Å². The topological polar surface area (TPSA) is 29.1 Å². The molecule has 0 aromatic heterocycles. The lowest BCUT2D eigenvalue weighted by Crippen LogP contribution is -2.23. The molecule has 0 saturated heterocycles. The van der Waals surface area contributed by atoms with Crippen molar-refractivity contribution in [1.82, 2.24) is 0 Å². The van der Waals surface area contributed by atoms with Crippen LogP contribution in [0.15, 0.2) is 0 Å². The average Bonchev–Trinajstić information content (AvgIpc) is 2.09. The molecule has 0 aromatic rings. The molecule has 11 heavy (non-hydrogen) atoms. The molecule has 2 heteroatoms. The Kier molecular flexibility index (Phi) is 3.87. The minimum atomic E-state index is -0.129. The predicted molar refractivity (Wildman–Crippen MR) is 42.1 cm³/mol. The number of rotatable bonds is 3. The lowest BCUT2D eigenvalue weighted by molar-refractivity contribution is -0.345. The van der Waals surface area contributed by atoms with Gasteiger partial charge in [-0.3, -0.25) is 0 Å². The van der Waals surface area contributed by atoms with Crippen molar-refractivity contribution in [3.8, 4) is 0 Å². The summed E-state index contributed by atoms with van der Waals surface area (Å²) in [5.41, 5.74) is 0. The molecular formula is C9H16O2. The van der Waals surface area contributed by atoms with Gasteiger partial charge in [-0.25, -0.2) is 4.89 Å². The van der Waals surface area contributed by atoms with Gasteiger partial charge in [-0.2, -0.15) is 0 Å². The summed E-state index contributed by atoms with van der Waals surface area (Å²) >= 11 is 0. The van der Waals surface area contributed by atoms with E-state index in [2.05, 4.69) is 11.8 Å². The Morgan fingerprint density at radius 1 is 1.36 bits per heavy atom. The molecule has 1 aliphatic rings. The lowest BCUT2D eigenvalue weighted by atomic mass is 9.84. The van der Waals surface area contributed by atoms with Crippen molar-refractivity contribution in [2.75, 3.05) is 0 Å². The summed E-state index contributed by atoms with van der Waals surface area (Å²) in [6, 6.07) is 0. The number of hydrogen-bond donors (Lipinski definition) is 0. The zero-order chi connectivity index (χ0) is 8.10. The lowest BCUT2D eigenvalue weighted by Gasteiger charge is -2.26. The molecule has 0 amide bonds. The number of hydrogen-bond acceptors (Lipinski definition) is 1. The van der Waals surface area contributed by atoms with E-state index in [0.717, 1.165) is 12.8 Å². The van der Waals surface area contributed by atoms with Crippen LogP contribution < -0.4 is 0 Å². The van der Waals surface area contributed by atoms with Crippen LogP contribution in [-0.2, 0) is 10.1 Å². The standard InChI is InChI=1S/C9H16O2/c1-2-9(11-10)8-6-4-3-5-7-8/h8-9H,1-7H2. The first-order valence-electron chi connectivity index (χ1n) is 4.46. The highest BCUT2D eigenvalue weighted by atomic mass is 17.1. The van der Waals surface area contributed by atoms with E-state index in [1.165, 1.54) is 19.3 Å². The van der Waals surface area contributed by atoms with Gasteiger partial charge in [0.2, 0.25) is 0 Å². The first-order chi connectivity index (χ1) is 5.38. The Morgan fingerprint density at radius 3 is 2.45 bits per heavy atom. The quantitative estimate of drug-likeness (QED) is 0.456. The van der Waals surface area contributed by atoms with Crippen molar-refractivity contribution in [2.24, 2.45) is 5.92 Å². The maximum Gasteiger partial charge on any atom is 0.0990 e. The van der Waals surface area contributed by atoms with Crippen molar-refractivity contribution < 1.29 is 10.1 Å². The van der Waals surface area contributed by atoms with E-state index in [1.807, 2.05) is 0 Å². The monoisotopic (exact) mass is 156 g/mol. The maximum absolute atomic E-state index is 10.2. The Balaban J connectivity index is 2.30. The molecule has 1 rings (SSSR count). The minimum absolute atomic E-state index is 0.129. The van der Waals surface area contributed by atoms with Gasteiger partial charge >= 0.3 is 0 Å². The third-order valence-corrected chi connectivity index (χ3v) is 2.58. The van der Waals surface area contributed by atoms with Crippen molar-refractivity contribution >= 4 is 0 Å². The molecule has 0 spiro atoms. The Labute approximate surface area is 68.5 Å². The van der Waals surface area contributed by atoms with Crippen LogP contribution in [0.3, 0.4) is 0 Å². The summed E-state index contributed by atoms with van der Waals surface area (Å²) in [5, 5.41) is 10.2. The largest absolute Gasteiger partial charge is 0.200 e. The summed E-state index contributed by atoms with van der Waals surface area (Å²) in [4.78, 5) is 4.13. The molecule has 0 heterocycles. The highest BCUT2D eigenvalue weighted by Crippen LogP contribution is 2.28. The van der Waals surface area contributed by atoms with E-state index in [1.54, 1.807) is 0 Å². The van der Waals surface area contributed by atoms with Gasteiger partial charge in [0.25, 0.3) is 0 Å². The van der Waals surface area contributed by atoms with Crippen molar-refractivity contribution in [3.63, 3.8) is 0 Å². The van der Waals surface area contributed by atoms with Crippen LogP contribution >= 0.6 is 0 Å². The summed E-state index contributed by atoms with van der Waals surface area (Å²) < 4.78 is 0. The van der Waals surface area contributed by atoms with Crippen LogP contribution in [0.4, 0.5) is 0 Å². The van der Waals surface area contributed by atoms with E-state index < -0.39 is 0 Å². The molecule has 2 radical (unpaired) electrons. The van der Waals surface area contributed by atoms with Gasteiger partial charge in [-0.05, 0) is 30.4 Å². The molecular weight excluding hydrogens is 140 g/mol. The fourth-order valence-electron chi connectivity index (χ4n) is 1.87. The molecule has 1 aliphatic carbocycles. The van der Waals surface area contributed by atoms with Crippen LogP contribution in [0.2, 0.25) is 0 Å². The summed E-state index contributed by atoms with van der Waals surface area (Å²) in [5.74, 6) is 0.485. The van der Waals surface area contributed by atoms with Crippen LogP contribution in [0, 0.1) is 12.8 Å². The van der Waals surface area contributed by atoms with E-state index in [0.29, 0.717) is 12.3 Å². The summed E-state index contributed by atoms with van der Waals surface area (Å²) in [7, 11) is 0. The first-order valence-corrected chi connectivity index (χ1v) is 4.46. The Morgan fingerprint density at radius 2 is 2.00 bits per heavy atom. The van der Waals surface area contributed by atoms with Crippen molar-refractivity contribution in [2.45, 2.75) is 44.6 Å². The van der Waals surface area contributed by atoms with Crippen molar-refractivity contribution in [1.29, 1.82) is 0 Å². The molecule has 0 bridgehead atoms. The molecule has 1 fully saturated rings. The Bertz CT molecular complexity index is 93.7. The van der Waals surface area contributed by atoms with Gasteiger partial charge < -0.3 is 0 Å². The second-order valence-electron chi connectivity index (χ2n) is 3.32. The SMILES string of the molecule is [CH2]CC(O[O])C1CCCCC1. The third-order valence-electron chi connectivity index (χ3n) is 2.58. The van der Waals surface area contributed by atoms with Crippen LogP contribution in [-0.4, -0.2) is 6.10 Å². The second-order valence-corrected chi connectivity index (χ2v) is 3.32. The highest BCUT2D eigenvalue weighted by molar-refractivity contribution is 4.74. The van der Waals surface area contributed by atoms with Gasteiger partial charge in [-0.15, -0.1) is 0 Å². The molecule has 0 aliphatic heterocycles. The fourth-order valence-corrected chi connectivity index (χ4v) is 1.87. The maximum atomic E-state index is 10.2. The van der Waals surface area contributed by atoms with E-state index in [-0.39, 0.29) is 6.10 Å². The molecule has 1 saturated carbocycles. The van der Waals surface area contributed by atoms with E-state index >= 15 is 0 Å². The predicted octanol–water partition coefficient (Wildman–Crippen LogP) is 2.52. The Hall–Kier alpha value is -0.0800. The molecule has 0 aromatic carbocycles. The normalized spacial score (nSPS) is 23.5. The van der Waals surface area contributed by atoms with Gasteiger partial charge in [-0.1, -0.05) is 26.2 Å². The first kappa shape index (κ1) is 9.01. The van der Waals surface area contributed by atoms with Gasteiger partial charge in [0.05, 0.1) is 6.10 Å². The summed E-state index contributed by atoms with van der Waals surface area (Å²) in [6.07, 6.45) is 6.63. The zero-order valence-electron chi connectivity index (χ0n) is 6.92. The third kappa shape index (κ3) is 2.46. The molecule has 64 valence electrons.